The summed E-state index contributed by atoms with van der Waals surface area (Å²) in [5.41, 5.74) is 1.20. The molecule has 13 heavy (non-hydrogen) atoms. The monoisotopic (exact) mass is 176 g/mol. The normalized spacial score (nSPS) is 10.7. The largest absolute Gasteiger partial charge is 0.508 e. The molecule has 1 heterocycles. The van der Waals surface area contributed by atoms with Gasteiger partial charge in [0.1, 0.15) is 0 Å². The van der Waals surface area contributed by atoms with E-state index >= 15 is 0 Å². The number of nitrogens with zero attached hydrogens (tertiary/aromatic N) is 2. The first-order valence-electron chi connectivity index (χ1n) is 3.98. The van der Waals surface area contributed by atoms with Crippen LogP contribution in [0.1, 0.15) is 0 Å². The summed E-state index contributed by atoms with van der Waals surface area (Å²) in [7, 11) is 0.215. The lowest BCUT2D eigenvalue weighted by Gasteiger charge is -1.98. The van der Waals surface area contributed by atoms with Gasteiger partial charge < -0.3 is 10.0 Å². The number of benzene rings is 1. The van der Waals surface area contributed by atoms with E-state index < -0.39 is 7.12 Å². The van der Waals surface area contributed by atoms with Gasteiger partial charge in [-0.05, 0) is 6.07 Å². The van der Waals surface area contributed by atoms with Gasteiger partial charge in [0.2, 0.25) is 0 Å². The van der Waals surface area contributed by atoms with Gasteiger partial charge in [-0.1, -0.05) is 18.2 Å². The highest BCUT2D eigenvalue weighted by Crippen LogP contribution is 2.08. The van der Waals surface area contributed by atoms with E-state index in [1.165, 1.54) is 4.68 Å². The minimum atomic E-state index is -1.47. The molecule has 0 fully saturated rings. The predicted octanol–water partition coefficient (Wildman–Crippen LogP) is -0.747. The third kappa shape index (κ3) is 1.22. The van der Waals surface area contributed by atoms with E-state index in [4.69, 9.17) is 10.0 Å². The maximum atomic E-state index is 9.09. The van der Waals surface area contributed by atoms with Crippen LogP contribution < -0.4 is 5.59 Å². The second-order valence-electron chi connectivity index (χ2n) is 2.90. The molecule has 1 aromatic heterocycles. The van der Waals surface area contributed by atoms with Crippen LogP contribution in [0.2, 0.25) is 0 Å². The van der Waals surface area contributed by atoms with Gasteiger partial charge in [0.05, 0.1) is 11.1 Å². The van der Waals surface area contributed by atoms with Crippen molar-refractivity contribution in [3.63, 3.8) is 0 Å². The summed E-state index contributed by atoms with van der Waals surface area (Å²) in [6, 6.07) is 7.36. The summed E-state index contributed by atoms with van der Waals surface area (Å²) in [6.45, 7) is 0. The standard InChI is InChI=1S/C8H9BN2O2/c1-11-8(9(12)13)6-4-2-3-5-7(6)10-11/h2-5,12-13H,1H3. The molecule has 4 nitrogen and oxygen atoms in total. The van der Waals surface area contributed by atoms with Crippen LogP contribution in [0.4, 0.5) is 0 Å². The third-order valence-corrected chi connectivity index (χ3v) is 2.03. The molecule has 0 atom stereocenters. The minimum absolute atomic E-state index is 0.426. The molecule has 0 bridgehead atoms. The van der Waals surface area contributed by atoms with E-state index in [0.717, 1.165) is 10.9 Å². The Morgan fingerprint density at radius 1 is 1.31 bits per heavy atom. The first-order chi connectivity index (χ1) is 6.20. The first kappa shape index (κ1) is 8.28. The van der Waals surface area contributed by atoms with Crippen molar-refractivity contribution in [1.82, 2.24) is 9.78 Å². The second-order valence-corrected chi connectivity index (χ2v) is 2.90. The molecule has 0 amide bonds. The lowest BCUT2D eigenvalue weighted by atomic mass is 9.83. The Balaban J connectivity index is 2.78. The molecule has 0 radical (unpaired) electrons. The van der Waals surface area contributed by atoms with E-state index in [2.05, 4.69) is 5.10 Å². The first-order valence-corrected chi connectivity index (χ1v) is 3.98. The summed E-state index contributed by atoms with van der Waals surface area (Å²) >= 11 is 0. The van der Waals surface area contributed by atoms with Gasteiger partial charge in [-0.3, -0.25) is 4.68 Å². The smallest absolute Gasteiger partial charge is 0.422 e. The van der Waals surface area contributed by atoms with Gasteiger partial charge in [0, 0.05) is 12.4 Å². The SMILES string of the molecule is Cn1nc2ccccc2c1B(O)O. The highest BCUT2D eigenvalue weighted by Gasteiger charge is 2.19. The summed E-state index contributed by atoms with van der Waals surface area (Å²) < 4.78 is 1.48. The van der Waals surface area contributed by atoms with E-state index in [1.807, 2.05) is 24.3 Å². The van der Waals surface area contributed by atoms with Crippen LogP contribution in [0.15, 0.2) is 24.3 Å². The van der Waals surface area contributed by atoms with Crippen molar-refractivity contribution in [3.05, 3.63) is 24.3 Å². The Labute approximate surface area is 75.6 Å². The zero-order chi connectivity index (χ0) is 9.42. The number of rotatable bonds is 1. The van der Waals surface area contributed by atoms with Crippen molar-refractivity contribution in [3.8, 4) is 0 Å². The molecule has 0 aliphatic heterocycles. The Hall–Kier alpha value is -1.33. The molecule has 0 saturated carbocycles. The van der Waals surface area contributed by atoms with Crippen molar-refractivity contribution >= 4 is 23.6 Å². The maximum absolute atomic E-state index is 9.09. The molecule has 0 aliphatic carbocycles. The topological polar surface area (TPSA) is 58.3 Å². The number of aromatic nitrogens is 2. The van der Waals surface area contributed by atoms with E-state index in [9.17, 15) is 0 Å². The van der Waals surface area contributed by atoms with Crippen LogP contribution in [0.5, 0.6) is 0 Å². The molecule has 5 heteroatoms. The Bertz CT molecular complexity index is 439. The van der Waals surface area contributed by atoms with Gasteiger partial charge in [0.25, 0.3) is 0 Å². The Kier molecular flexibility index (Phi) is 1.83. The average Bonchev–Trinajstić information content (AvgIpc) is 2.39. The number of fused-ring (bicyclic) bond motifs is 1. The minimum Gasteiger partial charge on any atom is -0.422 e. The molecule has 0 saturated heterocycles. The van der Waals surface area contributed by atoms with Crippen molar-refractivity contribution in [2.45, 2.75) is 0 Å². The lowest BCUT2D eigenvalue weighted by molar-refractivity contribution is 0.422. The van der Waals surface area contributed by atoms with Gasteiger partial charge in [0.15, 0.2) is 0 Å². The highest BCUT2D eigenvalue weighted by molar-refractivity contribution is 6.61. The summed E-state index contributed by atoms with van der Waals surface area (Å²) in [6.07, 6.45) is 0. The predicted molar refractivity (Wildman–Crippen MR) is 50.5 cm³/mol. The third-order valence-electron chi connectivity index (χ3n) is 2.03. The second kappa shape index (κ2) is 2.87. The Morgan fingerprint density at radius 2 is 2.00 bits per heavy atom. The van der Waals surface area contributed by atoms with Crippen LogP contribution in [0, 0.1) is 0 Å². The Morgan fingerprint density at radius 3 is 2.69 bits per heavy atom. The van der Waals surface area contributed by atoms with Crippen LogP contribution in [-0.2, 0) is 7.05 Å². The average molecular weight is 176 g/mol. The molecule has 2 rings (SSSR count). The number of aryl methyl sites for hydroxylation is 1. The zero-order valence-electron chi connectivity index (χ0n) is 7.18. The fraction of sp³-hybridized carbons (Fsp3) is 0.125. The molecular formula is C8H9BN2O2. The molecule has 2 aromatic rings. The molecular weight excluding hydrogens is 167 g/mol. The molecule has 2 N–H and O–H groups in total. The zero-order valence-corrected chi connectivity index (χ0v) is 7.18. The molecule has 0 aliphatic rings. The molecule has 0 unspecified atom stereocenters. The van der Waals surface area contributed by atoms with Crippen LogP contribution in [0.3, 0.4) is 0 Å². The maximum Gasteiger partial charge on any atom is 0.508 e. The summed E-state index contributed by atoms with van der Waals surface area (Å²) in [5, 5.41) is 23.1. The number of hydrogen-bond donors (Lipinski definition) is 2. The van der Waals surface area contributed by atoms with E-state index in [1.54, 1.807) is 7.05 Å². The molecule has 66 valence electrons. The quantitative estimate of drug-likeness (QED) is 0.562. The van der Waals surface area contributed by atoms with Gasteiger partial charge in [-0.25, -0.2) is 0 Å². The van der Waals surface area contributed by atoms with Crippen molar-refractivity contribution in [1.29, 1.82) is 0 Å². The van der Waals surface area contributed by atoms with Crippen molar-refractivity contribution < 1.29 is 10.0 Å². The lowest BCUT2D eigenvalue weighted by Crippen LogP contribution is -2.35. The van der Waals surface area contributed by atoms with Crippen LogP contribution >= 0.6 is 0 Å². The molecule has 0 spiro atoms. The number of hydrogen-bond acceptors (Lipinski definition) is 3. The van der Waals surface area contributed by atoms with Crippen LogP contribution in [0.25, 0.3) is 10.9 Å². The van der Waals surface area contributed by atoms with Gasteiger partial charge >= 0.3 is 7.12 Å². The molecule has 1 aromatic carbocycles. The van der Waals surface area contributed by atoms with Crippen LogP contribution in [-0.4, -0.2) is 26.9 Å². The van der Waals surface area contributed by atoms with E-state index in [-0.39, 0.29) is 0 Å². The fourth-order valence-electron chi connectivity index (χ4n) is 1.47. The summed E-state index contributed by atoms with van der Waals surface area (Å²) in [5.74, 6) is 0. The summed E-state index contributed by atoms with van der Waals surface area (Å²) in [4.78, 5) is 0. The van der Waals surface area contributed by atoms with Gasteiger partial charge in [-0.2, -0.15) is 5.10 Å². The van der Waals surface area contributed by atoms with E-state index in [0.29, 0.717) is 5.59 Å². The highest BCUT2D eigenvalue weighted by atomic mass is 16.4. The fourth-order valence-corrected chi connectivity index (χ4v) is 1.47. The van der Waals surface area contributed by atoms with Gasteiger partial charge in [-0.15, -0.1) is 0 Å². The van der Waals surface area contributed by atoms with Crippen molar-refractivity contribution in [2.75, 3.05) is 0 Å². The van der Waals surface area contributed by atoms with Crippen molar-refractivity contribution in [2.24, 2.45) is 7.05 Å².